The normalized spacial score (nSPS) is 20.9. The molecule has 0 N–H and O–H groups in total. The molecule has 0 bridgehead atoms. The second-order valence-corrected chi connectivity index (χ2v) is 6.83. The summed E-state index contributed by atoms with van der Waals surface area (Å²) in [5.74, 6) is -0.0436. The van der Waals surface area contributed by atoms with Crippen LogP contribution in [0.5, 0.6) is 0 Å². The van der Waals surface area contributed by atoms with Crippen LogP contribution in [-0.2, 0) is 9.31 Å². The third kappa shape index (κ3) is 3.31. The summed E-state index contributed by atoms with van der Waals surface area (Å²) in [6.07, 6.45) is 1.69. The Morgan fingerprint density at radius 1 is 1.29 bits per heavy atom. The number of hydrogen-bond donors (Lipinski definition) is 1. The minimum absolute atomic E-state index is 0.0937. The van der Waals surface area contributed by atoms with E-state index < -0.39 is 24.1 Å². The molecule has 21 heavy (non-hydrogen) atoms. The molecule has 0 amide bonds. The van der Waals surface area contributed by atoms with E-state index in [1.165, 1.54) is 6.07 Å². The molecule has 6 heteroatoms. The maximum absolute atomic E-state index is 14.0. The van der Waals surface area contributed by atoms with Gasteiger partial charge in [-0.2, -0.15) is 12.6 Å². The van der Waals surface area contributed by atoms with Crippen LogP contribution >= 0.6 is 24.2 Å². The molecule has 0 radical (unpaired) electrons. The van der Waals surface area contributed by atoms with Crippen LogP contribution in [0, 0.1) is 5.82 Å². The van der Waals surface area contributed by atoms with E-state index in [1.54, 1.807) is 18.2 Å². The van der Waals surface area contributed by atoms with Crippen molar-refractivity contribution in [1.82, 2.24) is 0 Å². The maximum Gasteiger partial charge on any atom is 0.491 e. The molecule has 0 aliphatic carbocycles. The highest BCUT2D eigenvalue weighted by molar-refractivity contribution is 7.80. The first-order valence-electron chi connectivity index (χ1n) is 6.79. The average Bonchev–Trinajstić information content (AvgIpc) is 2.60. The molecular formula is C15H19BClFO2S. The van der Waals surface area contributed by atoms with Crippen LogP contribution < -0.4 is 0 Å². The van der Waals surface area contributed by atoms with Crippen molar-refractivity contribution in [1.29, 1.82) is 0 Å². The van der Waals surface area contributed by atoms with Crippen LogP contribution in [0.15, 0.2) is 23.7 Å². The monoisotopic (exact) mass is 328 g/mol. The fourth-order valence-electron chi connectivity index (χ4n) is 2.01. The molecule has 1 heterocycles. The summed E-state index contributed by atoms with van der Waals surface area (Å²) in [7, 11) is -0.536. The maximum atomic E-state index is 14.0. The van der Waals surface area contributed by atoms with E-state index in [-0.39, 0.29) is 5.02 Å². The number of thiol groups is 1. The Morgan fingerprint density at radius 3 is 2.38 bits per heavy atom. The van der Waals surface area contributed by atoms with Gasteiger partial charge in [-0.1, -0.05) is 29.8 Å². The molecule has 0 saturated carbocycles. The molecule has 1 aliphatic rings. The van der Waals surface area contributed by atoms with Crippen LogP contribution in [0.4, 0.5) is 4.39 Å². The summed E-state index contributed by atoms with van der Waals surface area (Å²) in [5.41, 5.74) is 0.290. The topological polar surface area (TPSA) is 18.5 Å². The smallest absolute Gasteiger partial charge is 0.400 e. The van der Waals surface area contributed by atoms with Gasteiger partial charge in [0.1, 0.15) is 5.82 Å². The number of halogens is 2. The highest BCUT2D eigenvalue weighted by Crippen LogP contribution is 2.39. The van der Waals surface area contributed by atoms with Gasteiger partial charge >= 0.3 is 7.12 Å². The van der Waals surface area contributed by atoms with Gasteiger partial charge in [-0.3, -0.25) is 0 Å². The Balaban J connectivity index is 2.33. The van der Waals surface area contributed by atoms with E-state index in [0.29, 0.717) is 11.3 Å². The number of hydrogen-bond acceptors (Lipinski definition) is 3. The Kier molecular flexibility index (Phi) is 4.79. The van der Waals surface area contributed by atoms with Crippen LogP contribution in [0.1, 0.15) is 33.3 Å². The van der Waals surface area contributed by atoms with Crippen LogP contribution in [0.3, 0.4) is 0 Å². The van der Waals surface area contributed by atoms with Crippen molar-refractivity contribution in [3.8, 4) is 0 Å². The predicted molar refractivity (Wildman–Crippen MR) is 89.3 cm³/mol. The van der Waals surface area contributed by atoms with E-state index in [1.807, 2.05) is 27.7 Å². The standard InChI is InChI=1S/C15H19BClFO2S/c1-14(2)15(3,4)20-16(19-14)11(9-21)8-10-6-5-7-12(17)13(10)18/h5-8,21H,9H2,1-4H3. The molecule has 2 rings (SSSR count). The minimum Gasteiger partial charge on any atom is -0.400 e. The lowest BCUT2D eigenvalue weighted by Crippen LogP contribution is -2.41. The average molecular weight is 329 g/mol. The molecule has 0 spiro atoms. The van der Waals surface area contributed by atoms with Crippen LogP contribution in [0.2, 0.25) is 5.02 Å². The second kappa shape index (κ2) is 5.96. The van der Waals surface area contributed by atoms with Gasteiger partial charge in [0.15, 0.2) is 0 Å². The van der Waals surface area contributed by atoms with Gasteiger partial charge in [0.25, 0.3) is 0 Å². The van der Waals surface area contributed by atoms with E-state index in [0.717, 1.165) is 5.47 Å². The Bertz CT molecular complexity index is 559. The predicted octanol–water partition coefficient (Wildman–Crippen LogP) is 4.42. The minimum atomic E-state index is -0.536. The summed E-state index contributed by atoms with van der Waals surface area (Å²) in [6, 6.07) is 4.89. The van der Waals surface area contributed by atoms with E-state index in [2.05, 4.69) is 12.6 Å². The Hall–Kier alpha value is -0.485. The lowest BCUT2D eigenvalue weighted by Gasteiger charge is -2.32. The van der Waals surface area contributed by atoms with Gasteiger partial charge in [0.05, 0.1) is 16.2 Å². The molecule has 1 saturated heterocycles. The van der Waals surface area contributed by atoms with E-state index in [4.69, 9.17) is 20.9 Å². The van der Waals surface area contributed by atoms with E-state index >= 15 is 0 Å². The van der Waals surface area contributed by atoms with Crippen LogP contribution in [0.25, 0.3) is 6.08 Å². The summed E-state index contributed by atoms with van der Waals surface area (Å²) < 4.78 is 25.9. The highest BCUT2D eigenvalue weighted by atomic mass is 35.5. The van der Waals surface area contributed by atoms with Gasteiger partial charge in [0.2, 0.25) is 0 Å². The molecular weight excluding hydrogens is 309 g/mol. The number of rotatable bonds is 3. The fourth-order valence-corrected chi connectivity index (χ4v) is 2.44. The fraction of sp³-hybridized carbons (Fsp3) is 0.467. The summed E-state index contributed by atoms with van der Waals surface area (Å²) in [5, 5.41) is 0.0937. The summed E-state index contributed by atoms with van der Waals surface area (Å²) in [6.45, 7) is 7.90. The lowest BCUT2D eigenvalue weighted by molar-refractivity contribution is 0.00578. The highest BCUT2D eigenvalue weighted by Gasteiger charge is 2.52. The zero-order valence-electron chi connectivity index (χ0n) is 12.6. The molecule has 1 fully saturated rings. The van der Waals surface area contributed by atoms with Crippen molar-refractivity contribution in [2.45, 2.75) is 38.9 Å². The summed E-state index contributed by atoms with van der Waals surface area (Å²) in [4.78, 5) is 0. The van der Waals surface area contributed by atoms with Gasteiger partial charge in [-0.05, 0) is 39.2 Å². The molecule has 1 aromatic carbocycles. The molecule has 0 aromatic heterocycles. The second-order valence-electron chi connectivity index (χ2n) is 6.11. The first kappa shape index (κ1) is 16.9. The largest absolute Gasteiger partial charge is 0.491 e. The number of benzene rings is 1. The first-order chi connectivity index (χ1) is 9.68. The molecule has 1 aliphatic heterocycles. The Morgan fingerprint density at radius 2 is 1.86 bits per heavy atom. The van der Waals surface area contributed by atoms with Gasteiger partial charge in [-0.25, -0.2) is 4.39 Å². The molecule has 0 atom stereocenters. The lowest BCUT2D eigenvalue weighted by atomic mass is 9.78. The third-order valence-corrected chi connectivity index (χ3v) is 4.72. The van der Waals surface area contributed by atoms with Crippen molar-refractivity contribution in [3.63, 3.8) is 0 Å². The van der Waals surface area contributed by atoms with E-state index in [9.17, 15) is 4.39 Å². The zero-order valence-corrected chi connectivity index (χ0v) is 14.3. The van der Waals surface area contributed by atoms with Crippen LogP contribution in [-0.4, -0.2) is 24.1 Å². The van der Waals surface area contributed by atoms with Crippen molar-refractivity contribution in [3.05, 3.63) is 40.1 Å². The van der Waals surface area contributed by atoms with Crippen molar-refractivity contribution >= 4 is 37.4 Å². The van der Waals surface area contributed by atoms with Gasteiger partial charge in [-0.15, -0.1) is 0 Å². The van der Waals surface area contributed by atoms with Crippen molar-refractivity contribution < 1.29 is 13.7 Å². The SMILES string of the molecule is CC1(C)OB(C(=Cc2cccc(Cl)c2F)CS)OC1(C)C. The molecule has 2 nitrogen and oxygen atoms in total. The quantitative estimate of drug-likeness (QED) is 0.654. The zero-order chi connectivity index (χ0) is 15.8. The van der Waals surface area contributed by atoms with Crippen molar-refractivity contribution in [2.24, 2.45) is 0 Å². The third-order valence-electron chi connectivity index (χ3n) is 4.06. The molecule has 1 aromatic rings. The van der Waals surface area contributed by atoms with Crippen molar-refractivity contribution in [2.75, 3.05) is 5.75 Å². The van der Waals surface area contributed by atoms with Gasteiger partial charge < -0.3 is 9.31 Å². The first-order valence-corrected chi connectivity index (χ1v) is 7.80. The summed E-state index contributed by atoms with van der Waals surface area (Å²) >= 11 is 10.1. The molecule has 0 unspecified atom stereocenters. The molecule has 114 valence electrons. The van der Waals surface area contributed by atoms with Gasteiger partial charge in [0, 0.05) is 11.3 Å². The Labute approximate surface area is 136 Å².